The Balaban J connectivity index is 1.51. The molecule has 45 heavy (non-hydrogen) atoms. The van der Waals surface area contributed by atoms with Gasteiger partial charge in [0.05, 0.1) is 24.7 Å². The number of nitrogen functional groups attached to an aromatic ring is 1. The van der Waals surface area contributed by atoms with Gasteiger partial charge in [-0.3, -0.25) is 9.59 Å². The lowest BCUT2D eigenvalue weighted by molar-refractivity contribution is -0.180. The van der Waals surface area contributed by atoms with Gasteiger partial charge in [0.15, 0.2) is 17.6 Å². The van der Waals surface area contributed by atoms with Crippen LogP contribution in [-0.4, -0.2) is 56.9 Å². The molecular weight excluding hydrogens is 594 g/mol. The number of rotatable bonds is 15. The predicted molar refractivity (Wildman–Crippen MR) is 174 cm³/mol. The zero-order valence-corrected chi connectivity index (χ0v) is 27.9. The Bertz CT molecular complexity index is 1310. The fourth-order valence-corrected chi connectivity index (χ4v) is 7.07. The molecule has 2 atom stereocenters. The average molecular weight is 644 g/mol. The van der Waals surface area contributed by atoms with Crippen molar-refractivity contribution < 1.29 is 23.8 Å². The highest BCUT2D eigenvalue weighted by Gasteiger charge is 2.44. The number of aromatic nitrogens is 4. The molecule has 2 saturated carbocycles. The lowest BCUT2D eigenvalue weighted by Crippen LogP contribution is -2.52. The number of carbonyl (C=O) groups excluding carboxylic acids is 2. The third-order valence-corrected chi connectivity index (χ3v) is 10.1. The van der Waals surface area contributed by atoms with Gasteiger partial charge in [0.2, 0.25) is 10.9 Å². The molecule has 0 bridgehead atoms. The predicted octanol–water partition coefficient (Wildman–Crippen LogP) is 6.53. The molecule has 248 valence electrons. The molecule has 0 aliphatic heterocycles. The van der Waals surface area contributed by atoms with Crippen molar-refractivity contribution in [2.45, 2.75) is 122 Å². The normalized spacial score (nSPS) is 24.0. The van der Waals surface area contributed by atoms with Gasteiger partial charge in [-0.05, 0) is 74.8 Å². The van der Waals surface area contributed by atoms with Gasteiger partial charge in [-0.25, -0.2) is 4.98 Å². The van der Waals surface area contributed by atoms with E-state index < -0.39 is 11.7 Å². The second kappa shape index (κ2) is 16.6. The summed E-state index contributed by atoms with van der Waals surface area (Å²) in [6.07, 6.45) is 20.9. The van der Waals surface area contributed by atoms with Gasteiger partial charge in [0.25, 0.3) is 0 Å². The number of halogens is 1. The molecule has 0 saturated heterocycles. The maximum absolute atomic E-state index is 13.7. The number of ether oxygens (including phenoxy) is 3. The van der Waals surface area contributed by atoms with Crippen LogP contribution in [0.4, 0.5) is 5.82 Å². The minimum Gasteiger partial charge on any atom is -0.461 e. The number of fused-ring (bicyclic) bond motifs is 1. The third kappa shape index (κ3) is 8.88. The van der Waals surface area contributed by atoms with Gasteiger partial charge < -0.3 is 24.5 Å². The Labute approximate surface area is 272 Å². The minimum atomic E-state index is -1.55. The molecule has 0 aromatic carbocycles. The number of terminal acetylenes is 1. The van der Waals surface area contributed by atoms with E-state index in [-0.39, 0.29) is 48.0 Å². The molecule has 0 amide bonds. The summed E-state index contributed by atoms with van der Waals surface area (Å²) in [7, 11) is 1.44. The summed E-state index contributed by atoms with van der Waals surface area (Å²) in [6, 6.07) is 0. The fourth-order valence-electron chi connectivity index (χ4n) is 6.90. The second-order valence-corrected chi connectivity index (χ2v) is 13.3. The number of anilines is 1. The number of imidazole rings is 1. The number of unbranched alkanes of at least 4 members (excludes halogenated alkanes) is 2. The summed E-state index contributed by atoms with van der Waals surface area (Å²) < 4.78 is 19.6. The average Bonchev–Trinajstić information content (AvgIpc) is 3.46. The van der Waals surface area contributed by atoms with Crippen LogP contribution < -0.4 is 5.73 Å². The molecule has 2 aromatic rings. The molecule has 10 nitrogen and oxygen atoms in total. The Morgan fingerprint density at radius 3 is 2.13 bits per heavy atom. The van der Waals surface area contributed by atoms with Gasteiger partial charge >= 0.3 is 11.9 Å². The summed E-state index contributed by atoms with van der Waals surface area (Å²) in [4.78, 5) is 39.5. The second-order valence-electron chi connectivity index (χ2n) is 12.9. The molecule has 4 rings (SSSR count). The highest BCUT2D eigenvalue weighted by atomic mass is 35.5. The number of hydrogen-bond donors (Lipinski definition) is 1. The number of nitrogens with zero attached hydrogens (tertiary/aromatic N) is 4. The van der Waals surface area contributed by atoms with Gasteiger partial charge in [-0.1, -0.05) is 58.3 Å². The topological polar surface area (TPSA) is 131 Å². The van der Waals surface area contributed by atoms with Gasteiger partial charge in [0.1, 0.15) is 12.1 Å². The molecule has 1 unspecified atom stereocenters. The van der Waals surface area contributed by atoms with Crippen LogP contribution in [0.5, 0.6) is 0 Å². The van der Waals surface area contributed by atoms with Gasteiger partial charge in [-0.15, -0.1) is 6.42 Å². The van der Waals surface area contributed by atoms with E-state index in [9.17, 15) is 9.59 Å². The van der Waals surface area contributed by atoms with Crippen LogP contribution in [0.3, 0.4) is 0 Å². The van der Waals surface area contributed by atoms with E-state index in [1.807, 2.05) is 0 Å². The number of nitrogens with two attached hydrogens (primary N) is 1. The van der Waals surface area contributed by atoms with Gasteiger partial charge in [0, 0.05) is 7.11 Å². The van der Waals surface area contributed by atoms with Crippen molar-refractivity contribution in [1.29, 1.82) is 0 Å². The van der Waals surface area contributed by atoms with E-state index in [0.29, 0.717) is 23.0 Å². The van der Waals surface area contributed by atoms with Crippen LogP contribution in [0.15, 0.2) is 6.33 Å². The van der Waals surface area contributed by atoms with Crippen molar-refractivity contribution in [1.82, 2.24) is 19.5 Å². The number of carbonyl (C=O) groups is 2. The van der Waals surface area contributed by atoms with Crippen LogP contribution in [0.2, 0.25) is 5.28 Å². The molecule has 0 spiro atoms. The highest BCUT2D eigenvalue weighted by Crippen LogP contribution is 2.35. The zero-order chi connectivity index (χ0) is 32.4. The zero-order valence-electron chi connectivity index (χ0n) is 27.1. The number of esters is 2. The van der Waals surface area contributed by atoms with E-state index >= 15 is 0 Å². The third-order valence-electron chi connectivity index (χ3n) is 9.93. The maximum atomic E-state index is 13.7. The largest absolute Gasteiger partial charge is 0.461 e. The first kappa shape index (κ1) is 35.0. The Kier molecular flexibility index (Phi) is 12.9. The molecule has 2 heterocycles. The van der Waals surface area contributed by atoms with E-state index in [2.05, 4.69) is 34.7 Å². The first-order valence-electron chi connectivity index (χ1n) is 16.8. The van der Waals surface area contributed by atoms with Crippen molar-refractivity contribution in [3.05, 3.63) is 11.6 Å². The van der Waals surface area contributed by atoms with E-state index in [4.69, 9.17) is 38.0 Å². The standard InChI is InChI=1S/C34H50ClN5O5/c1-5-8-10-23-12-16-25(17-13-23)31(41)44-21-34(7-3,43-4)27(20-40-22-37-28-29(36)38-33(35)39-30(28)40)45-32(42)26-18-14-24(15-19-26)11-9-6-2/h3,22-27H,5-6,8-21H2,1-2,4H3,(H2,36,38,39)/t23?,24?,25?,26?,27-,34?/m0/s1. The summed E-state index contributed by atoms with van der Waals surface area (Å²) in [5, 5.41) is -0.0385. The van der Waals surface area contributed by atoms with Crippen molar-refractivity contribution in [2.24, 2.45) is 23.7 Å². The molecule has 2 aliphatic rings. The quantitative estimate of drug-likeness (QED) is 0.131. The molecule has 2 aromatic heterocycles. The summed E-state index contributed by atoms with van der Waals surface area (Å²) in [5.41, 5.74) is 5.20. The molecule has 2 N–H and O–H groups in total. The lowest BCUT2D eigenvalue weighted by atomic mass is 9.80. The van der Waals surface area contributed by atoms with Crippen molar-refractivity contribution in [3.8, 4) is 12.3 Å². The smallest absolute Gasteiger partial charge is 0.309 e. The number of hydrogen-bond acceptors (Lipinski definition) is 9. The van der Waals surface area contributed by atoms with Crippen LogP contribution in [-0.2, 0) is 30.3 Å². The van der Waals surface area contributed by atoms with Crippen molar-refractivity contribution in [3.63, 3.8) is 0 Å². The molecular formula is C34H50ClN5O5. The van der Waals surface area contributed by atoms with Crippen LogP contribution in [0.25, 0.3) is 11.2 Å². The number of methoxy groups -OCH3 is 1. The van der Waals surface area contributed by atoms with Crippen LogP contribution in [0, 0.1) is 36.0 Å². The Morgan fingerprint density at radius 1 is 1.02 bits per heavy atom. The maximum Gasteiger partial charge on any atom is 0.309 e. The summed E-state index contributed by atoms with van der Waals surface area (Å²) in [5.74, 6) is 3.07. The fraction of sp³-hybridized carbons (Fsp3) is 0.735. The summed E-state index contributed by atoms with van der Waals surface area (Å²) >= 11 is 6.11. The van der Waals surface area contributed by atoms with E-state index in [0.717, 1.165) is 51.4 Å². The molecule has 2 fully saturated rings. The Hall–Kier alpha value is -2.90. The minimum absolute atomic E-state index is 0.0268. The first-order valence-corrected chi connectivity index (χ1v) is 17.1. The lowest BCUT2D eigenvalue weighted by Gasteiger charge is -2.36. The van der Waals surface area contributed by atoms with Crippen LogP contribution in [0.1, 0.15) is 104 Å². The van der Waals surface area contributed by atoms with E-state index in [1.165, 1.54) is 52.0 Å². The monoisotopic (exact) mass is 643 g/mol. The molecule has 0 radical (unpaired) electrons. The van der Waals surface area contributed by atoms with Crippen molar-refractivity contribution >= 4 is 40.5 Å². The van der Waals surface area contributed by atoms with Crippen molar-refractivity contribution in [2.75, 3.05) is 19.5 Å². The highest BCUT2D eigenvalue weighted by molar-refractivity contribution is 6.28. The molecule has 2 aliphatic carbocycles. The Morgan fingerprint density at radius 2 is 1.60 bits per heavy atom. The van der Waals surface area contributed by atoms with Crippen LogP contribution >= 0.6 is 11.6 Å². The van der Waals surface area contributed by atoms with Gasteiger partial charge in [-0.2, -0.15) is 9.97 Å². The van der Waals surface area contributed by atoms with E-state index in [1.54, 1.807) is 4.57 Å². The SMILES string of the molecule is C#CC(COC(=O)C1CCC(CCCC)CC1)(OC)[C@H](Cn1cnc2c(N)nc(Cl)nc21)OC(=O)C1CCC(CCCC)CC1. The molecule has 11 heteroatoms. The summed E-state index contributed by atoms with van der Waals surface area (Å²) in [6.45, 7) is 4.17. The first-order chi connectivity index (χ1) is 21.7.